The van der Waals surface area contributed by atoms with E-state index < -0.39 is 17.5 Å². The molecular formula is C18H20F3N6O+. The second-order valence-corrected chi connectivity index (χ2v) is 6.28. The molecule has 0 spiro atoms. The van der Waals surface area contributed by atoms with Gasteiger partial charge in [-0.3, -0.25) is 0 Å². The minimum Gasteiger partial charge on any atom is -0.390 e. The number of nitrogens with one attached hydrogen (secondary N) is 2. The van der Waals surface area contributed by atoms with Crippen molar-refractivity contribution in [1.82, 2.24) is 4.98 Å². The summed E-state index contributed by atoms with van der Waals surface area (Å²) in [6.07, 6.45) is 1.62. The van der Waals surface area contributed by atoms with Crippen LogP contribution in [0.25, 0.3) is 0 Å². The second-order valence-electron chi connectivity index (χ2n) is 6.28. The van der Waals surface area contributed by atoms with Gasteiger partial charge < -0.3 is 15.7 Å². The smallest absolute Gasteiger partial charge is 0.286 e. The number of pyridine rings is 1. The zero-order valence-corrected chi connectivity index (χ0v) is 15.4. The van der Waals surface area contributed by atoms with Crippen molar-refractivity contribution in [2.24, 2.45) is 10.1 Å². The Kier molecular flexibility index (Phi) is 5.61. The topological polar surface area (TPSA) is 81.9 Å². The summed E-state index contributed by atoms with van der Waals surface area (Å²) in [5.74, 6) is -2.93. The number of hydrogen-bond acceptors (Lipinski definition) is 6. The predicted octanol–water partition coefficient (Wildman–Crippen LogP) is 2.51. The third-order valence-electron chi connectivity index (χ3n) is 4.13. The van der Waals surface area contributed by atoms with Crippen LogP contribution in [0.4, 0.5) is 24.7 Å². The van der Waals surface area contributed by atoms with Crippen LogP contribution in [-0.2, 0) is 0 Å². The van der Waals surface area contributed by atoms with E-state index in [1.54, 1.807) is 25.4 Å². The van der Waals surface area contributed by atoms with E-state index >= 15 is 0 Å². The van der Waals surface area contributed by atoms with Crippen molar-refractivity contribution < 1.29 is 22.9 Å². The number of anilines is 2. The first-order chi connectivity index (χ1) is 13.4. The number of aliphatic hydroxyl groups is 1. The molecule has 0 saturated carbocycles. The molecule has 1 aromatic heterocycles. The summed E-state index contributed by atoms with van der Waals surface area (Å²) < 4.78 is 40.0. The molecule has 1 atom stereocenters. The number of hydrogen-bond donors (Lipinski definition) is 3. The normalized spacial score (nSPS) is 18.6. The first kappa shape index (κ1) is 19.8. The molecule has 1 aromatic carbocycles. The Balaban J connectivity index is 1.95. The molecule has 148 valence electrons. The largest absolute Gasteiger partial charge is 0.390 e. The molecule has 0 unspecified atom stereocenters. The highest BCUT2D eigenvalue weighted by Crippen LogP contribution is 2.23. The maximum absolute atomic E-state index is 13.5. The molecule has 1 aliphatic rings. The summed E-state index contributed by atoms with van der Waals surface area (Å²) in [5.41, 5.74) is 0.692. The Morgan fingerprint density at radius 2 is 1.86 bits per heavy atom. The van der Waals surface area contributed by atoms with Gasteiger partial charge in [-0.25, -0.2) is 18.2 Å². The average Bonchev–Trinajstić information content (AvgIpc) is 2.96. The minimum atomic E-state index is -1.54. The molecule has 0 bridgehead atoms. The molecule has 0 amide bonds. The van der Waals surface area contributed by atoms with Crippen LogP contribution in [0.3, 0.4) is 0 Å². The van der Waals surface area contributed by atoms with E-state index in [1.165, 1.54) is 0 Å². The Morgan fingerprint density at radius 1 is 1.14 bits per heavy atom. The van der Waals surface area contributed by atoms with Crippen LogP contribution in [0.15, 0.2) is 40.6 Å². The van der Waals surface area contributed by atoms with Crippen molar-refractivity contribution in [3.05, 3.63) is 53.5 Å². The second kappa shape index (κ2) is 7.95. The summed E-state index contributed by atoms with van der Waals surface area (Å²) >= 11 is 0. The number of nitrogens with zero attached hydrogens (tertiary/aromatic N) is 4. The fraction of sp³-hybridized carbons (Fsp3) is 0.278. The molecule has 0 fully saturated rings. The number of benzene rings is 1. The number of quaternary nitrogens is 1. The maximum atomic E-state index is 13.5. The van der Waals surface area contributed by atoms with E-state index in [9.17, 15) is 18.3 Å². The maximum Gasteiger partial charge on any atom is 0.286 e. The number of rotatable bonds is 6. The van der Waals surface area contributed by atoms with Crippen molar-refractivity contribution in [2.75, 3.05) is 37.4 Å². The molecule has 3 rings (SSSR count). The molecule has 28 heavy (non-hydrogen) atoms. The van der Waals surface area contributed by atoms with Crippen LogP contribution in [0.2, 0.25) is 0 Å². The Morgan fingerprint density at radius 3 is 2.50 bits per heavy atom. The van der Waals surface area contributed by atoms with Crippen molar-refractivity contribution in [3.63, 3.8) is 0 Å². The quantitative estimate of drug-likeness (QED) is 0.520. The molecule has 0 saturated heterocycles. The van der Waals surface area contributed by atoms with Crippen LogP contribution in [0.1, 0.15) is 12.5 Å². The SMILES string of the molecule is CCNc1cc(C2=NC(Nc3cc(F)c(F)c(F)c3)=N[N@@+]2(C)CCO)ccn1. The number of halogens is 3. The van der Waals surface area contributed by atoms with Gasteiger partial charge in [-0.2, -0.15) is 4.99 Å². The van der Waals surface area contributed by atoms with Crippen molar-refractivity contribution in [2.45, 2.75) is 6.92 Å². The van der Waals surface area contributed by atoms with Crippen molar-refractivity contribution >= 4 is 23.3 Å². The lowest BCUT2D eigenvalue weighted by molar-refractivity contribution is -0.825. The Bertz CT molecular complexity index is 926. The van der Waals surface area contributed by atoms with Crippen LogP contribution < -0.4 is 10.6 Å². The van der Waals surface area contributed by atoms with E-state index in [-0.39, 0.29) is 29.4 Å². The first-order valence-electron chi connectivity index (χ1n) is 8.64. The van der Waals surface area contributed by atoms with E-state index in [1.807, 2.05) is 6.92 Å². The van der Waals surface area contributed by atoms with E-state index in [4.69, 9.17) is 0 Å². The molecule has 7 nitrogen and oxygen atoms in total. The summed E-state index contributed by atoms with van der Waals surface area (Å²) in [6, 6.07) is 5.19. The van der Waals surface area contributed by atoms with Crippen LogP contribution in [0, 0.1) is 17.5 Å². The zero-order chi connectivity index (χ0) is 20.3. The highest BCUT2D eigenvalue weighted by Gasteiger charge is 2.38. The summed E-state index contributed by atoms with van der Waals surface area (Å²) in [5, 5.41) is 19.7. The molecule has 2 aromatic rings. The van der Waals surface area contributed by atoms with Gasteiger partial charge in [0.25, 0.3) is 11.8 Å². The van der Waals surface area contributed by atoms with Gasteiger partial charge in [0, 0.05) is 30.6 Å². The van der Waals surface area contributed by atoms with Crippen LogP contribution in [-0.4, -0.2) is 53.2 Å². The molecule has 3 N–H and O–H groups in total. The number of amidine groups is 1. The summed E-state index contributed by atoms with van der Waals surface area (Å²) in [4.78, 5) is 8.65. The van der Waals surface area contributed by atoms with Crippen molar-refractivity contribution in [1.29, 1.82) is 0 Å². The number of aliphatic hydroxyl groups excluding tert-OH is 1. The predicted molar refractivity (Wildman–Crippen MR) is 100 cm³/mol. The summed E-state index contributed by atoms with van der Waals surface area (Å²) in [6.45, 7) is 2.71. The average molecular weight is 393 g/mol. The van der Waals surface area contributed by atoms with Crippen LogP contribution in [0.5, 0.6) is 0 Å². The molecule has 1 aliphatic heterocycles. The number of aromatic nitrogens is 1. The highest BCUT2D eigenvalue weighted by atomic mass is 19.2. The molecule has 2 heterocycles. The van der Waals surface area contributed by atoms with Gasteiger partial charge in [0.2, 0.25) is 0 Å². The third-order valence-corrected chi connectivity index (χ3v) is 4.13. The van der Waals surface area contributed by atoms with Crippen LogP contribution >= 0.6 is 0 Å². The number of guanidine groups is 1. The van der Waals surface area contributed by atoms with Gasteiger partial charge in [0.05, 0.1) is 19.2 Å². The van der Waals surface area contributed by atoms with Crippen molar-refractivity contribution in [3.8, 4) is 0 Å². The van der Waals surface area contributed by atoms with Gasteiger partial charge in [-0.05, 0) is 24.2 Å². The van der Waals surface area contributed by atoms with E-state index in [0.29, 0.717) is 18.2 Å². The third kappa shape index (κ3) is 3.97. The van der Waals surface area contributed by atoms with Gasteiger partial charge in [-0.15, -0.1) is 4.59 Å². The fourth-order valence-electron chi connectivity index (χ4n) is 2.84. The lowest BCUT2D eigenvalue weighted by Crippen LogP contribution is -2.45. The number of likely N-dealkylation sites (N-methyl/N-ethyl adjacent to an activating group) is 1. The monoisotopic (exact) mass is 393 g/mol. The minimum absolute atomic E-state index is 0.0289. The molecule has 0 aliphatic carbocycles. The molecule has 10 heteroatoms. The van der Waals surface area contributed by atoms with Gasteiger partial charge >= 0.3 is 0 Å². The number of aliphatic imine (C=N–C) groups is 1. The van der Waals surface area contributed by atoms with E-state index in [2.05, 4.69) is 25.7 Å². The van der Waals surface area contributed by atoms with Gasteiger partial charge in [-0.1, -0.05) is 0 Å². The molecule has 0 radical (unpaired) electrons. The lowest BCUT2D eigenvalue weighted by atomic mass is 10.2. The standard InChI is InChI=1S/C18H20F3N6O/c1-3-22-15-8-11(4-5-23-15)17-25-18(26-27(17,2)6-7-28)24-12-9-13(19)16(21)14(20)10-12/h4-5,8-10,28H,3,6-7H2,1-2H3,(H,22,23)(H,24,26)/q+1/t27-/m0/s1. The highest BCUT2D eigenvalue weighted by molar-refractivity contribution is 6.09. The van der Waals surface area contributed by atoms with Gasteiger partial charge in [0.15, 0.2) is 17.5 Å². The molecular weight excluding hydrogens is 373 g/mol. The fourth-order valence-corrected chi connectivity index (χ4v) is 2.84. The van der Waals surface area contributed by atoms with E-state index in [0.717, 1.165) is 17.7 Å². The zero-order valence-electron chi connectivity index (χ0n) is 15.4. The Hall–Kier alpha value is -2.98. The lowest BCUT2D eigenvalue weighted by Gasteiger charge is -2.23. The summed E-state index contributed by atoms with van der Waals surface area (Å²) in [7, 11) is 1.74. The Labute approximate surface area is 159 Å². The first-order valence-corrected chi connectivity index (χ1v) is 8.64. The van der Waals surface area contributed by atoms with Gasteiger partial charge in [0.1, 0.15) is 12.4 Å².